The molecule has 1 aliphatic rings. The predicted octanol–water partition coefficient (Wildman–Crippen LogP) is 4.17. The standard InChI is InChI=1S/C25H33N3O2/c1-28(2)18-25(30)27-23-10-6-7-20(15-23)17-26-24(29)16-19-11-13-22(14-12-19)21-8-4-3-5-9-21/h3-10,15,19,22H,11-14,16-18H2,1-2H3,(H,26,29)(H,27,30). The molecule has 1 fully saturated rings. The Morgan fingerprint density at radius 2 is 1.67 bits per heavy atom. The smallest absolute Gasteiger partial charge is 0.238 e. The Morgan fingerprint density at radius 3 is 2.37 bits per heavy atom. The largest absolute Gasteiger partial charge is 0.352 e. The maximum absolute atomic E-state index is 12.4. The average Bonchev–Trinajstić information content (AvgIpc) is 2.73. The lowest BCUT2D eigenvalue weighted by Crippen LogP contribution is -2.27. The molecule has 3 rings (SSSR count). The Bertz CT molecular complexity index is 827. The van der Waals surface area contributed by atoms with Crippen LogP contribution >= 0.6 is 0 Å². The van der Waals surface area contributed by atoms with Crippen molar-refractivity contribution >= 4 is 17.5 Å². The van der Waals surface area contributed by atoms with E-state index in [1.807, 2.05) is 43.3 Å². The van der Waals surface area contributed by atoms with E-state index in [0.717, 1.165) is 36.9 Å². The average molecular weight is 408 g/mol. The fourth-order valence-electron chi connectivity index (χ4n) is 4.21. The summed E-state index contributed by atoms with van der Waals surface area (Å²) in [6.45, 7) is 0.822. The van der Waals surface area contributed by atoms with Gasteiger partial charge in [0.25, 0.3) is 0 Å². The second-order valence-corrected chi connectivity index (χ2v) is 8.60. The van der Waals surface area contributed by atoms with Crippen LogP contribution < -0.4 is 10.6 Å². The van der Waals surface area contributed by atoms with Crippen molar-refractivity contribution in [3.63, 3.8) is 0 Å². The molecule has 0 spiro atoms. The van der Waals surface area contributed by atoms with Crippen LogP contribution in [-0.2, 0) is 16.1 Å². The molecule has 160 valence electrons. The van der Waals surface area contributed by atoms with E-state index < -0.39 is 0 Å². The molecule has 1 aliphatic carbocycles. The maximum atomic E-state index is 12.4. The fraction of sp³-hybridized carbons (Fsp3) is 0.440. The number of hydrogen-bond acceptors (Lipinski definition) is 3. The maximum Gasteiger partial charge on any atom is 0.238 e. The Hall–Kier alpha value is -2.66. The van der Waals surface area contributed by atoms with Crippen LogP contribution in [0.15, 0.2) is 54.6 Å². The molecule has 0 saturated heterocycles. The highest BCUT2D eigenvalue weighted by molar-refractivity contribution is 5.92. The molecule has 2 N–H and O–H groups in total. The highest BCUT2D eigenvalue weighted by Gasteiger charge is 2.23. The van der Waals surface area contributed by atoms with E-state index in [1.54, 1.807) is 0 Å². The number of benzene rings is 2. The second-order valence-electron chi connectivity index (χ2n) is 8.60. The van der Waals surface area contributed by atoms with Gasteiger partial charge in [0, 0.05) is 18.7 Å². The third-order valence-corrected chi connectivity index (χ3v) is 5.75. The monoisotopic (exact) mass is 407 g/mol. The highest BCUT2D eigenvalue weighted by Crippen LogP contribution is 2.36. The van der Waals surface area contributed by atoms with Gasteiger partial charge in [0.1, 0.15) is 0 Å². The molecular weight excluding hydrogens is 374 g/mol. The summed E-state index contributed by atoms with van der Waals surface area (Å²) < 4.78 is 0. The van der Waals surface area contributed by atoms with Crippen LogP contribution in [0.4, 0.5) is 5.69 Å². The van der Waals surface area contributed by atoms with Gasteiger partial charge >= 0.3 is 0 Å². The van der Waals surface area contributed by atoms with E-state index in [4.69, 9.17) is 0 Å². The molecule has 0 bridgehead atoms. The summed E-state index contributed by atoms with van der Waals surface area (Å²) in [5.41, 5.74) is 3.17. The Morgan fingerprint density at radius 1 is 0.933 bits per heavy atom. The van der Waals surface area contributed by atoms with Crippen molar-refractivity contribution in [1.82, 2.24) is 10.2 Å². The molecule has 5 heteroatoms. The van der Waals surface area contributed by atoms with Crippen molar-refractivity contribution in [2.75, 3.05) is 26.0 Å². The summed E-state index contributed by atoms with van der Waals surface area (Å²) in [5, 5.41) is 5.93. The van der Waals surface area contributed by atoms with Crippen LogP contribution in [0, 0.1) is 5.92 Å². The topological polar surface area (TPSA) is 61.4 Å². The third kappa shape index (κ3) is 6.99. The molecule has 0 aliphatic heterocycles. The lowest BCUT2D eigenvalue weighted by atomic mass is 9.77. The van der Waals surface area contributed by atoms with Gasteiger partial charge in [-0.3, -0.25) is 9.59 Å². The Balaban J connectivity index is 1.41. The summed E-state index contributed by atoms with van der Waals surface area (Å²) in [4.78, 5) is 26.2. The molecule has 1 saturated carbocycles. The molecule has 30 heavy (non-hydrogen) atoms. The summed E-state index contributed by atoms with van der Waals surface area (Å²) in [7, 11) is 3.72. The number of hydrogen-bond donors (Lipinski definition) is 2. The first-order chi connectivity index (χ1) is 14.5. The number of nitrogens with zero attached hydrogens (tertiary/aromatic N) is 1. The van der Waals surface area contributed by atoms with Crippen molar-refractivity contribution in [3.05, 3.63) is 65.7 Å². The molecule has 0 atom stereocenters. The summed E-state index contributed by atoms with van der Waals surface area (Å²) in [6, 6.07) is 18.4. The normalized spacial score (nSPS) is 18.8. The molecule has 2 aromatic carbocycles. The summed E-state index contributed by atoms with van der Waals surface area (Å²) in [6.07, 6.45) is 5.15. The number of carbonyl (C=O) groups is 2. The molecule has 5 nitrogen and oxygen atoms in total. The first kappa shape index (κ1) is 22.0. The van der Waals surface area contributed by atoms with E-state index in [-0.39, 0.29) is 11.8 Å². The minimum absolute atomic E-state index is 0.0488. The lowest BCUT2D eigenvalue weighted by Gasteiger charge is -2.28. The van der Waals surface area contributed by atoms with Gasteiger partial charge in [-0.05, 0) is 74.9 Å². The van der Waals surface area contributed by atoms with Crippen molar-refractivity contribution in [3.8, 4) is 0 Å². The zero-order valence-electron chi connectivity index (χ0n) is 18.1. The number of likely N-dealkylation sites (N-methyl/N-ethyl adjacent to an activating group) is 1. The zero-order valence-corrected chi connectivity index (χ0v) is 18.1. The molecule has 0 radical (unpaired) electrons. The van der Waals surface area contributed by atoms with E-state index in [2.05, 4.69) is 41.0 Å². The van der Waals surface area contributed by atoms with Gasteiger partial charge in [-0.15, -0.1) is 0 Å². The van der Waals surface area contributed by atoms with E-state index in [1.165, 1.54) is 5.56 Å². The number of carbonyl (C=O) groups excluding carboxylic acids is 2. The minimum atomic E-state index is -0.0488. The van der Waals surface area contributed by atoms with Gasteiger partial charge in [0.15, 0.2) is 0 Å². The summed E-state index contributed by atoms with van der Waals surface area (Å²) in [5.74, 6) is 1.17. The lowest BCUT2D eigenvalue weighted by molar-refractivity contribution is -0.122. The van der Waals surface area contributed by atoms with Gasteiger partial charge < -0.3 is 15.5 Å². The van der Waals surface area contributed by atoms with Crippen molar-refractivity contribution in [1.29, 1.82) is 0 Å². The molecule has 0 heterocycles. The SMILES string of the molecule is CN(C)CC(=O)Nc1cccc(CNC(=O)CC2CCC(c3ccccc3)CC2)c1. The van der Waals surface area contributed by atoms with E-state index >= 15 is 0 Å². The van der Waals surface area contributed by atoms with Crippen LogP contribution in [0.1, 0.15) is 49.1 Å². The van der Waals surface area contributed by atoms with Crippen molar-refractivity contribution in [2.45, 2.75) is 44.6 Å². The Labute approximate surface area is 179 Å². The van der Waals surface area contributed by atoms with Crippen LogP contribution in [0.2, 0.25) is 0 Å². The second kappa shape index (κ2) is 10.9. The van der Waals surface area contributed by atoms with Crippen LogP contribution in [0.25, 0.3) is 0 Å². The van der Waals surface area contributed by atoms with E-state index in [9.17, 15) is 9.59 Å². The number of amides is 2. The molecule has 0 unspecified atom stereocenters. The minimum Gasteiger partial charge on any atom is -0.352 e. The molecule has 2 amide bonds. The van der Waals surface area contributed by atoms with Crippen LogP contribution in [-0.4, -0.2) is 37.4 Å². The molecule has 0 aromatic heterocycles. The van der Waals surface area contributed by atoms with Crippen molar-refractivity contribution < 1.29 is 9.59 Å². The molecular formula is C25H33N3O2. The highest BCUT2D eigenvalue weighted by atomic mass is 16.2. The van der Waals surface area contributed by atoms with Gasteiger partial charge in [-0.2, -0.15) is 0 Å². The van der Waals surface area contributed by atoms with Gasteiger partial charge in [0.05, 0.1) is 6.54 Å². The van der Waals surface area contributed by atoms with Crippen LogP contribution in [0.3, 0.4) is 0 Å². The fourth-order valence-corrected chi connectivity index (χ4v) is 4.21. The molecule has 2 aromatic rings. The van der Waals surface area contributed by atoms with Gasteiger partial charge in [-0.25, -0.2) is 0 Å². The van der Waals surface area contributed by atoms with Crippen molar-refractivity contribution in [2.24, 2.45) is 5.92 Å². The number of rotatable bonds is 8. The zero-order chi connectivity index (χ0) is 21.3. The quantitative estimate of drug-likeness (QED) is 0.690. The van der Waals surface area contributed by atoms with Crippen LogP contribution in [0.5, 0.6) is 0 Å². The predicted molar refractivity (Wildman–Crippen MR) is 121 cm³/mol. The number of nitrogens with one attached hydrogen (secondary N) is 2. The van der Waals surface area contributed by atoms with Gasteiger partial charge in [0.2, 0.25) is 11.8 Å². The number of anilines is 1. The third-order valence-electron chi connectivity index (χ3n) is 5.75. The Kier molecular flexibility index (Phi) is 8.03. The first-order valence-corrected chi connectivity index (χ1v) is 10.8. The summed E-state index contributed by atoms with van der Waals surface area (Å²) >= 11 is 0. The van der Waals surface area contributed by atoms with Gasteiger partial charge in [-0.1, -0.05) is 42.5 Å². The first-order valence-electron chi connectivity index (χ1n) is 10.8. The van der Waals surface area contributed by atoms with E-state index in [0.29, 0.717) is 31.3 Å².